The number of aliphatic imine (C=N–C) groups is 1. The Morgan fingerprint density at radius 1 is 1.00 bits per heavy atom. The van der Waals surface area contributed by atoms with Gasteiger partial charge >= 0.3 is 0 Å². The van der Waals surface area contributed by atoms with Crippen molar-refractivity contribution in [2.75, 3.05) is 4.90 Å². The standard InChI is InChI=1S/C23H16BrFN2O/c1-15-6-4-8-17(12-15)22-26-21(13-16-7-2-3-11-20(16)25)23(28)27(22)19-10-5-9-18(24)14-19/h2-14H,1H3/b21-13+. The van der Waals surface area contributed by atoms with Crippen LogP contribution < -0.4 is 4.90 Å². The lowest BCUT2D eigenvalue weighted by molar-refractivity contribution is -0.113. The van der Waals surface area contributed by atoms with Gasteiger partial charge in [-0.05, 0) is 43.3 Å². The second-order valence-electron chi connectivity index (χ2n) is 6.48. The zero-order valence-electron chi connectivity index (χ0n) is 15.1. The van der Waals surface area contributed by atoms with Crippen LogP contribution >= 0.6 is 15.9 Å². The Morgan fingerprint density at radius 3 is 2.54 bits per heavy atom. The first-order valence-corrected chi connectivity index (χ1v) is 9.54. The molecule has 3 nitrogen and oxygen atoms in total. The summed E-state index contributed by atoms with van der Waals surface area (Å²) in [5.74, 6) is -0.164. The van der Waals surface area contributed by atoms with E-state index in [9.17, 15) is 9.18 Å². The molecule has 28 heavy (non-hydrogen) atoms. The van der Waals surface area contributed by atoms with Crippen molar-refractivity contribution < 1.29 is 9.18 Å². The molecule has 138 valence electrons. The van der Waals surface area contributed by atoms with Gasteiger partial charge in [-0.1, -0.05) is 64.0 Å². The largest absolute Gasteiger partial charge is 0.282 e. The van der Waals surface area contributed by atoms with E-state index in [2.05, 4.69) is 20.9 Å². The molecule has 0 spiro atoms. The third kappa shape index (κ3) is 3.53. The molecule has 0 radical (unpaired) electrons. The molecular weight excluding hydrogens is 419 g/mol. The van der Waals surface area contributed by atoms with E-state index in [1.54, 1.807) is 23.1 Å². The van der Waals surface area contributed by atoms with Crippen molar-refractivity contribution in [3.8, 4) is 0 Å². The second kappa shape index (κ2) is 7.52. The Hall–Kier alpha value is -3.05. The highest BCUT2D eigenvalue weighted by atomic mass is 79.9. The lowest BCUT2D eigenvalue weighted by Crippen LogP contribution is -2.32. The third-order valence-electron chi connectivity index (χ3n) is 4.40. The summed E-state index contributed by atoms with van der Waals surface area (Å²) in [6.45, 7) is 1.99. The molecule has 0 fully saturated rings. The Kier molecular flexibility index (Phi) is 4.92. The van der Waals surface area contributed by atoms with Crippen molar-refractivity contribution in [2.45, 2.75) is 6.92 Å². The average Bonchev–Trinajstić information content (AvgIpc) is 3.00. The van der Waals surface area contributed by atoms with E-state index < -0.39 is 5.82 Å². The van der Waals surface area contributed by atoms with Gasteiger partial charge < -0.3 is 0 Å². The van der Waals surface area contributed by atoms with Crippen molar-refractivity contribution in [1.82, 2.24) is 0 Å². The average molecular weight is 435 g/mol. The van der Waals surface area contributed by atoms with Crippen molar-refractivity contribution in [3.05, 3.63) is 105 Å². The molecule has 4 rings (SSSR count). The van der Waals surface area contributed by atoms with Crippen LogP contribution in [0, 0.1) is 12.7 Å². The fraction of sp³-hybridized carbons (Fsp3) is 0.0435. The predicted molar refractivity (Wildman–Crippen MR) is 114 cm³/mol. The van der Waals surface area contributed by atoms with Gasteiger partial charge in [0.15, 0.2) is 0 Å². The number of hydrogen-bond donors (Lipinski definition) is 0. The van der Waals surface area contributed by atoms with E-state index in [0.29, 0.717) is 17.1 Å². The monoisotopic (exact) mass is 434 g/mol. The smallest absolute Gasteiger partial charge is 0.266 e. The maximum absolute atomic E-state index is 14.1. The number of amides is 1. The molecule has 1 aliphatic rings. The second-order valence-corrected chi connectivity index (χ2v) is 7.39. The molecule has 0 aliphatic carbocycles. The lowest BCUT2D eigenvalue weighted by Gasteiger charge is -2.19. The number of benzene rings is 3. The Balaban J connectivity index is 1.87. The van der Waals surface area contributed by atoms with Crippen LogP contribution in [0.3, 0.4) is 0 Å². The van der Waals surface area contributed by atoms with Crippen molar-refractivity contribution in [3.63, 3.8) is 0 Å². The fourth-order valence-electron chi connectivity index (χ4n) is 3.09. The number of halogens is 2. The summed E-state index contributed by atoms with van der Waals surface area (Å²) >= 11 is 3.45. The van der Waals surface area contributed by atoms with Gasteiger partial charge in [0.05, 0.1) is 5.69 Å². The maximum Gasteiger partial charge on any atom is 0.282 e. The normalized spacial score (nSPS) is 15.2. The van der Waals surface area contributed by atoms with Crippen LogP contribution in [0.5, 0.6) is 0 Å². The van der Waals surface area contributed by atoms with Crippen LogP contribution in [0.2, 0.25) is 0 Å². The van der Waals surface area contributed by atoms with Gasteiger partial charge in [-0.25, -0.2) is 9.38 Å². The Morgan fingerprint density at radius 2 is 1.79 bits per heavy atom. The Labute approximate surface area is 171 Å². The molecule has 3 aromatic carbocycles. The summed E-state index contributed by atoms with van der Waals surface area (Å²) in [5, 5.41) is 0. The molecule has 3 aromatic rings. The van der Waals surface area contributed by atoms with Crippen LogP contribution in [0.25, 0.3) is 6.08 Å². The van der Waals surface area contributed by atoms with Gasteiger partial charge in [0.1, 0.15) is 17.3 Å². The maximum atomic E-state index is 14.1. The van der Waals surface area contributed by atoms with Gasteiger partial charge in [0, 0.05) is 15.6 Å². The molecule has 5 heteroatoms. The van der Waals surface area contributed by atoms with Crippen LogP contribution in [0.4, 0.5) is 10.1 Å². The minimum Gasteiger partial charge on any atom is -0.266 e. The molecule has 1 amide bonds. The van der Waals surface area contributed by atoms with Crippen LogP contribution in [-0.2, 0) is 4.79 Å². The van der Waals surface area contributed by atoms with Crippen LogP contribution in [0.1, 0.15) is 16.7 Å². The first-order chi connectivity index (χ1) is 13.5. The van der Waals surface area contributed by atoms with E-state index in [1.807, 2.05) is 55.5 Å². The minimum absolute atomic E-state index is 0.196. The summed E-state index contributed by atoms with van der Waals surface area (Å²) in [7, 11) is 0. The number of carbonyl (C=O) groups excluding carboxylic acids is 1. The zero-order chi connectivity index (χ0) is 19.7. The summed E-state index contributed by atoms with van der Waals surface area (Å²) in [6, 6.07) is 21.6. The summed E-state index contributed by atoms with van der Waals surface area (Å²) in [4.78, 5) is 19.3. The number of hydrogen-bond acceptors (Lipinski definition) is 2. The van der Waals surface area contributed by atoms with Gasteiger partial charge in [-0.2, -0.15) is 0 Å². The van der Waals surface area contributed by atoms with E-state index >= 15 is 0 Å². The SMILES string of the molecule is Cc1cccc(C2=N/C(=C/c3ccccc3F)C(=O)N2c2cccc(Br)c2)c1. The van der Waals surface area contributed by atoms with E-state index in [-0.39, 0.29) is 11.6 Å². The molecule has 1 heterocycles. The number of aryl methyl sites for hydroxylation is 1. The molecular formula is C23H16BrFN2O. The van der Waals surface area contributed by atoms with Crippen molar-refractivity contribution in [2.24, 2.45) is 4.99 Å². The molecule has 0 saturated heterocycles. The number of anilines is 1. The third-order valence-corrected chi connectivity index (χ3v) is 4.89. The lowest BCUT2D eigenvalue weighted by atomic mass is 10.1. The van der Waals surface area contributed by atoms with Gasteiger partial charge in [-0.3, -0.25) is 9.69 Å². The topological polar surface area (TPSA) is 32.7 Å². The molecule has 1 aliphatic heterocycles. The summed E-state index contributed by atoms with van der Waals surface area (Å²) in [5.41, 5.74) is 3.10. The molecule has 0 bridgehead atoms. The number of carbonyl (C=O) groups is 1. The van der Waals surface area contributed by atoms with E-state index in [1.165, 1.54) is 12.1 Å². The molecule has 0 saturated carbocycles. The number of rotatable bonds is 3. The van der Waals surface area contributed by atoms with Gasteiger partial charge in [0.2, 0.25) is 0 Å². The highest BCUT2D eigenvalue weighted by molar-refractivity contribution is 9.10. The van der Waals surface area contributed by atoms with Gasteiger partial charge in [-0.15, -0.1) is 0 Å². The quantitative estimate of drug-likeness (QED) is 0.484. The summed E-state index contributed by atoms with van der Waals surface area (Å²) < 4.78 is 14.9. The van der Waals surface area contributed by atoms with E-state index in [4.69, 9.17) is 0 Å². The number of nitrogens with zero attached hydrogens (tertiary/aromatic N) is 2. The van der Waals surface area contributed by atoms with E-state index in [0.717, 1.165) is 15.6 Å². The first-order valence-electron chi connectivity index (χ1n) is 8.75. The predicted octanol–water partition coefficient (Wildman–Crippen LogP) is 5.73. The first kappa shape index (κ1) is 18.3. The molecule has 0 atom stereocenters. The fourth-order valence-corrected chi connectivity index (χ4v) is 3.48. The minimum atomic E-state index is -0.393. The molecule has 0 unspecified atom stereocenters. The van der Waals surface area contributed by atoms with Crippen molar-refractivity contribution >= 4 is 39.4 Å². The highest BCUT2D eigenvalue weighted by Crippen LogP contribution is 2.30. The Bertz CT molecular complexity index is 1140. The van der Waals surface area contributed by atoms with Crippen molar-refractivity contribution in [1.29, 1.82) is 0 Å². The molecule has 0 aromatic heterocycles. The molecule has 0 N–H and O–H groups in total. The zero-order valence-corrected chi connectivity index (χ0v) is 16.7. The van der Waals surface area contributed by atoms with Gasteiger partial charge in [0.25, 0.3) is 5.91 Å². The number of amidine groups is 1. The van der Waals surface area contributed by atoms with Crippen LogP contribution in [0.15, 0.2) is 88.0 Å². The highest BCUT2D eigenvalue weighted by Gasteiger charge is 2.32. The summed E-state index contributed by atoms with van der Waals surface area (Å²) in [6.07, 6.45) is 1.49. The van der Waals surface area contributed by atoms with Crippen LogP contribution in [-0.4, -0.2) is 11.7 Å².